The maximum atomic E-state index is 11.6. The number of carboxylic acid groups (broad SMARTS) is 1. The van der Waals surface area contributed by atoms with Crippen LogP contribution in [0.2, 0.25) is 0 Å². The predicted octanol–water partition coefficient (Wildman–Crippen LogP) is -3.37. The Morgan fingerprint density at radius 3 is 2.62 bits per heavy atom. The molecule has 0 aromatic carbocycles. The van der Waals surface area contributed by atoms with E-state index in [4.69, 9.17) is 0 Å². The van der Waals surface area contributed by atoms with E-state index < -0.39 is 21.5 Å². The van der Waals surface area contributed by atoms with E-state index in [0.29, 0.717) is 6.42 Å². The van der Waals surface area contributed by atoms with Crippen molar-refractivity contribution in [3.05, 3.63) is 24.0 Å². The molecule has 16 heavy (non-hydrogen) atoms. The van der Waals surface area contributed by atoms with Crippen LogP contribution in [0.15, 0.2) is 23.2 Å². The van der Waals surface area contributed by atoms with Gasteiger partial charge < -0.3 is 9.90 Å². The topological polar surface area (TPSA) is 87.2 Å². The molecule has 0 aliphatic heterocycles. The van der Waals surface area contributed by atoms with E-state index in [2.05, 4.69) is 4.98 Å². The van der Waals surface area contributed by atoms with Crippen LogP contribution in [0.3, 0.4) is 0 Å². The molecule has 0 spiro atoms. The van der Waals surface area contributed by atoms with Crippen LogP contribution in [0.1, 0.15) is 23.8 Å². The number of aromatic carboxylic acids is 1. The minimum atomic E-state index is -3.57. The van der Waals surface area contributed by atoms with Crippen molar-refractivity contribution >= 4 is 15.8 Å². The third kappa shape index (κ3) is 3.55. The van der Waals surface area contributed by atoms with Gasteiger partial charge in [-0.3, -0.25) is 4.98 Å². The van der Waals surface area contributed by atoms with Gasteiger partial charge in [0.15, 0.2) is 9.84 Å². The Bertz CT molecular complexity index is 472. The fourth-order valence-corrected chi connectivity index (χ4v) is 2.65. The molecule has 82 valence electrons. The second kappa shape index (κ2) is 6.34. The molecule has 5 nitrogen and oxygen atoms in total. The minimum absolute atomic E-state index is 0. The summed E-state index contributed by atoms with van der Waals surface area (Å²) in [5.74, 6) is -1.68. The molecule has 1 rings (SSSR count). The van der Waals surface area contributed by atoms with Crippen molar-refractivity contribution in [1.29, 1.82) is 0 Å². The van der Waals surface area contributed by atoms with Gasteiger partial charge in [0.2, 0.25) is 0 Å². The molecule has 0 saturated carbocycles. The number of nitrogens with zero attached hydrogens (tertiary/aromatic N) is 1. The fourth-order valence-electron chi connectivity index (χ4n) is 1.17. The molecule has 1 heterocycles. The summed E-state index contributed by atoms with van der Waals surface area (Å²) in [6.45, 7) is 1.70. The van der Waals surface area contributed by atoms with Gasteiger partial charge in [0.1, 0.15) is 5.69 Å². The molecule has 1 aromatic heterocycles. The number of hydrogen-bond donors (Lipinski definition) is 0. The SMILES string of the molecule is CCCS(=O)(=O)c1cccnc1C(=O)[O-].[Na+]. The second-order valence-corrected chi connectivity index (χ2v) is 5.03. The number of rotatable bonds is 4. The molecular formula is C9H10NNaO4S. The molecule has 1 aromatic rings. The first-order valence-corrected chi connectivity index (χ1v) is 6.03. The fraction of sp³-hybridized carbons (Fsp3) is 0.333. The van der Waals surface area contributed by atoms with Crippen LogP contribution in [0.5, 0.6) is 0 Å². The Kier molecular flexibility index (Phi) is 6.17. The van der Waals surface area contributed by atoms with Crippen LogP contribution < -0.4 is 34.7 Å². The number of pyridine rings is 1. The Morgan fingerprint density at radius 2 is 2.12 bits per heavy atom. The van der Waals surface area contributed by atoms with Gasteiger partial charge in [-0.15, -0.1) is 0 Å². The summed E-state index contributed by atoms with van der Waals surface area (Å²) in [5, 5.41) is 10.6. The molecule has 0 amide bonds. The zero-order chi connectivity index (χ0) is 11.5. The van der Waals surface area contributed by atoms with Crippen LogP contribution in [0.25, 0.3) is 0 Å². The van der Waals surface area contributed by atoms with Gasteiger partial charge in [-0.05, 0) is 18.6 Å². The van der Waals surface area contributed by atoms with Gasteiger partial charge in [0.25, 0.3) is 0 Å². The van der Waals surface area contributed by atoms with Gasteiger partial charge in [-0.25, -0.2) is 8.42 Å². The summed E-state index contributed by atoms with van der Waals surface area (Å²) in [7, 11) is -3.57. The summed E-state index contributed by atoms with van der Waals surface area (Å²) < 4.78 is 23.3. The van der Waals surface area contributed by atoms with E-state index in [1.54, 1.807) is 6.92 Å². The Labute approximate surface area is 116 Å². The monoisotopic (exact) mass is 251 g/mol. The smallest absolute Gasteiger partial charge is 0.543 e. The van der Waals surface area contributed by atoms with Gasteiger partial charge in [-0.2, -0.15) is 0 Å². The zero-order valence-corrected chi connectivity index (χ0v) is 12.0. The van der Waals surface area contributed by atoms with Crippen molar-refractivity contribution < 1.29 is 47.9 Å². The summed E-state index contributed by atoms with van der Waals surface area (Å²) >= 11 is 0. The van der Waals surface area contributed by atoms with Crippen LogP contribution in [0.4, 0.5) is 0 Å². The molecule has 0 aliphatic rings. The third-order valence-electron chi connectivity index (χ3n) is 1.77. The van der Waals surface area contributed by atoms with Gasteiger partial charge >= 0.3 is 29.6 Å². The Hall–Kier alpha value is -0.430. The molecule has 0 atom stereocenters. The molecular weight excluding hydrogens is 241 g/mol. The Balaban J connectivity index is 0.00000225. The number of carbonyl (C=O) groups is 1. The zero-order valence-electron chi connectivity index (χ0n) is 9.13. The Morgan fingerprint density at radius 1 is 1.50 bits per heavy atom. The van der Waals surface area contributed by atoms with Gasteiger partial charge in [0.05, 0.1) is 16.6 Å². The maximum Gasteiger partial charge on any atom is 1.00 e. The largest absolute Gasteiger partial charge is 1.00 e. The number of sulfone groups is 1. The second-order valence-electron chi connectivity index (χ2n) is 2.96. The molecule has 0 radical (unpaired) electrons. The standard InChI is InChI=1S/C9H11NO4S.Na/c1-2-6-15(13,14)7-4-3-5-10-8(7)9(11)12;/h3-5H,2,6H2,1H3,(H,11,12);/q;+1/p-1. The number of aromatic nitrogens is 1. The molecule has 0 fully saturated rings. The van der Waals surface area contributed by atoms with Crippen LogP contribution >= 0.6 is 0 Å². The number of carboxylic acids is 1. The average Bonchev–Trinajstić information content (AvgIpc) is 2.17. The summed E-state index contributed by atoms with van der Waals surface area (Å²) in [6, 6.07) is 2.61. The van der Waals surface area contributed by atoms with Crippen LogP contribution in [0, 0.1) is 0 Å². The molecule has 0 saturated heterocycles. The maximum absolute atomic E-state index is 11.6. The van der Waals surface area contributed by atoms with E-state index in [-0.39, 0.29) is 40.2 Å². The summed E-state index contributed by atoms with van der Waals surface area (Å²) in [6.07, 6.45) is 1.64. The van der Waals surface area contributed by atoms with E-state index in [1.807, 2.05) is 0 Å². The quantitative estimate of drug-likeness (QED) is 0.521. The number of hydrogen-bond acceptors (Lipinski definition) is 5. The normalized spacial score (nSPS) is 10.6. The van der Waals surface area contributed by atoms with E-state index in [1.165, 1.54) is 18.3 Å². The molecule has 7 heteroatoms. The van der Waals surface area contributed by atoms with Crippen molar-refractivity contribution in [1.82, 2.24) is 4.98 Å². The van der Waals surface area contributed by atoms with Crippen molar-refractivity contribution in [2.45, 2.75) is 18.2 Å². The molecule has 0 bridgehead atoms. The predicted molar refractivity (Wildman–Crippen MR) is 50.9 cm³/mol. The first-order valence-electron chi connectivity index (χ1n) is 4.38. The first kappa shape index (κ1) is 15.6. The summed E-state index contributed by atoms with van der Waals surface area (Å²) in [5.41, 5.74) is -0.522. The molecule has 0 N–H and O–H groups in total. The van der Waals surface area contributed by atoms with Gasteiger partial charge in [0, 0.05) is 6.20 Å². The van der Waals surface area contributed by atoms with Crippen LogP contribution in [-0.4, -0.2) is 25.1 Å². The van der Waals surface area contributed by atoms with Gasteiger partial charge in [-0.1, -0.05) is 6.92 Å². The van der Waals surface area contributed by atoms with Crippen molar-refractivity contribution in [2.24, 2.45) is 0 Å². The summed E-state index contributed by atoms with van der Waals surface area (Å²) in [4.78, 5) is 13.8. The van der Waals surface area contributed by atoms with Crippen molar-refractivity contribution in [2.75, 3.05) is 5.75 Å². The molecule has 0 aliphatic carbocycles. The first-order chi connectivity index (χ1) is 6.99. The third-order valence-corrected chi connectivity index (χ3v) is 3.72. The minimum Gasteiger partial charge on any atom is -0.543 e. The van der Waals surface area contributed by atoms with E-state index in [9.17, 15) is 18.3 Å². The van der Waals surface area contributed by atoms with Crippen molar-refractivity contribution in [3.8, 4) is 0 Å². The number of carbonyl (C=O) groups excluding carboxylic acids is 1. The molecule has 0 unspecified atom stereocenters. The van der Waals surface area contributed by atoms with Crippen LogP contribution in [-0.2, 0) is 9.84 Å². The van der Waals surface area contributed by atoms with Crippen molar-refractivity contribution in [3.63, 3.8) is 0 Å². The average molecular weight is 251 g/mol. The van der Waals surface area contributed by atoms with E-state index in [0.717, 1.165) is 0 Å². The van der Waals surface area contributed by atoms with E-state index >= 15 is 0 Å².